The summed E-state index contributed by atoms with van der Waals surface area (Å²) in [7, 11) is 0. The topological polar surface area (TPSA) is 104 Å². The highest BCUT2D eigenvalue weighted by atomic mass is 35.5. The smallest absolute Gasteiger partial charge is 0.241 e. The summed E-state index contributed by atoms with van der Waals surface area (Å²) in [5.74, 6) is 1.60. The summed E-state index contributed by atoms with van der Waals surface area (Å²) in [6.07, 6.45) is -0.292. The van der Waals surface area contributed by atoms with Crippen LogP contribution in [0.25, 0.3) is 0 Å². The number of benzene rings is 1. The van der Waals surface area contributed by atoms with Crippen molar-refractivity contribution in [3.8, 4) is 5.75 Å². The number of aromatic nitrogens is 3. The molecule has 3 rings (SSSR count). The second-order valence-electron chi connectivity index (χ2n) is 5.97. The van der Waals surface area contributed by atoms with Crippen LogP contribution in [0.3, 0.4) is 0 Å². The van der Waals surface area contributed by atoms with Gasteiger partial charge in [-0.2, -0.15) is 4.98 Å². The number of aliphatic hydroxyl groups is 1. The van der Waals surface area contributed by atoms with Gasteiger partial charge < -0.3 is 20.5 Å². The summed E-state index contributed by atoms with van der Waals surface area (Å²) in [6, 6.07) is 7.17. The number of hydrogen-bond donors (Lipinski definition) is 3. The summed E-state index contributed by atoms with van der Waals surface area (Å²) in [5, 5.41) is 18.0. The van der Waals surface area contributed by atoms with E-state index in [2.05, 4.69) is 20.1 Å². The van der Waals surface area contributed by atoms with Crippen LogP contribution in [0, 0.1) is 0 Å². The molecular formula is C16H23ClN6O2. The molecule has 0 saturated carbocycles. The molecule has 0 radical (unpaired) electrons. The monoisotopic (exact) mass is 366 g/mol. The van der Waals surface area contributed by atoms with Crippen LogP contribution >= 0.6 is 11.6 Å². The van der Waals surface area contributed by atoms with E-state index in [1.54, 1.807) is 12.1 Å². The van der Waals surface area contributed by atoms with E-state index in [0.29, 0.717) is 36.2 Å². The predicted molar refractivity (Wildman–Crippen MR) is 96.7 cm³/mol. The van der Waals surface area contributed by atoms with Crippen molar-refractivity contribution in [2.45, 2.75) is 25.7 Å². The largest absolute Gasteiger partial charge is 0.486 e. The van der Waals surface area contributed by atoms with Gasteiger partial charge in [-0.1, -0.05) is 18.5 Å². The molecule has 1 aliphatic heterocycles. The van der Waals surface area contributed by atoms with Crippen LogP contribution in [-0.2, 0) is 0 Å². The molecule has 2 aromatic rings. The summed E-state index contributed by atoms with van der Waals surface area (Å²) in [6.45, 7) is 4.84. The molecule has 0 bridgehead atoms. The zero-order valence-electron chi connectivity index (χ0n) is 14.1. The van der Waals surface area contributed by atoms with E-state index in [9.17, 15) is 5.11 Å². The van der Waals surface area contributed by atoms with Crippen LogP contribution in [0.5, 0.6) is 5.75 Å². The molecule has 1 aliphatic rings. The Morgan fingerprint density at radius 2 is 1.96 bits per heavy atom. The molecule has 1 aromatic carbocycles. The lowest BCUT2D eigenvalue weighted by Gasteiger charge is -2.39. The molecule has 136 valence electrons. The Labute approximate surface area is 151 Å². The highest BCUT2D eigenvalue weighted by Crippen LogP contribution is 2.21. The van der Waals surface area contributed by atoms with Crippen molar-refractivity contribution in [1.82, 2.24) is 20.1 Å². The van der Waals surface area contributed by atoms with Crippen LogP contribution in [0.4, 0.5) is 11.9 Å². The Bertz CT molecular complexity index is 672. The van der Waals surface area contributed by atoms with Gasteiger partial charge in [0.2, 0.25) is 11.9 Å². The van der Waals surface area contributed by atoms with Gasteiger partial charge in [0.05, 0.1) is 0 Å². The Balaban J connectivity index is 1.56. The van der Waals surface area contributed by atoms with Crippen molar-refractivity contribution in [1.29, 1.82) is 0 Å². The lowest BCUT2D eigenvalue weighted by atomic mass is 10.2. The van der Waals surface area contributed by atoms with Crippen LogP contribution in [0.2, 0.25) is 5.02 Å². The van der Waals surface area contributed by atoms with Crippen molar-refractivity contribution in [3.05, 3.63) is 29.3 Å². The quantitative estimate of drug-likeness (QED) is 0.708. The first kappa shape index (κ1) is 17.8. The number of aromatic amines is 1. The van der Waals surface area contributed by atoms with E-state index in [1.807, 2.05) is 24.0 Å². The first-order valence-electron chi connectivity index (χ1n) is 8.34. The number of nitrogen functional groups attached to an aromatic ring is 1. The van der Waals surface area contributed by atoms with E-state index in [0.717, 1.165) is 13.1 Å². The van der Waals surface area contributed by atoms with Crippen LogP contribution in [0.15, 0.2) is 24.3 Å². The van der Waals surface area contributed by atoms with Crippen molar-refractivity contribution < 1.29 is 9.84 Å². The normalized spacial score (nSPS) is 18.1. The molecule has 2 atom stereocenters. The van der Waals surface area contributed by atoms with Gasteiger partial charge >= 0.3 is 0 Å². The number of aliphatic hydroxyl groups excluding tert-OH is 1. The van der Waals surface area contributed by atoms with E-state index in [4.69, 9.17) is 22.1 Å². The van der Waals surface area contributed by atoms with E-state index in [1.165, 1.54) is 0 Å². The Hall–Kier alpha value is -2.03. The number of nitrogens with two attached hydrogens (primary N) is 1. The first-order chi connectivity index (χ1) is 12.1. The summed E-state index contributed by atoms with van der Waals surface area (Å²) >= 11 is 5.89. The summed E-state index contributed by atoms with van der Waals surface area (Å²) in [5.41, 5.74) is 5.55. The van der Waals surface area contributed by atoms with E-state index in [-0.39, 0.29) is 12.1 Å². The minimum absolute atomic E-state index is 0.236. The maximum atomic E-state index is 10.7. The second-order valence-corrected chi connectivity index (χ2v) is 6.41. The van der Waals surface area contributed by atoms with Gasteiger partial charge in [-0.15, -0.1) is 5.10 Å². The van der Waals surface area contributed by atoms with Gasteiger partial charge in [-0.05, 0) is 30.7 Å². The van der Waals surface area contributed by atoms with Crippen molar-refractivity contribution >= 4 is 23.5 Å². The molecule has 2 heterocycles. The van der Waals surface area contributed by atoms with Gasteiger partial charge in [-0.25, -0.2) is 5.10 Å². The Morgan fingerprint density at radius 1 is 1.28 bits per heavy atom. The minimum atomic E-state index is -0.678. The van der Waals surface area contributed by atoms with Crippen molar-refractivity contribution in [2.24, 2.45) is 0 Å². The number of hydrogen-bond acceptors (Lipinski definition) is 7. The first-order valence-corrected chi connectivity index (χ1v) is 8.71. The molecule has 1 fully saturated rings. The fourth-order valence-corrected chi connectivity index (χ4v) is 3.01. The number of H-pyrrole nitrogens is 1. The molecule has 0 spiro atoms. The van der Waals surface area contributed by atoms with Gasteiger partial charge in [0.1, 0.15) is 18.1 Å². The number of ether oxygens (including phenoxy) is 1. The highest BCUT2D eigenvalue weighted by molar-refractivity contribution is 6.30. The SMILES string of the molecule is CCC(Oc1ccc(Cl)cc1)C(O)N1CCN(c2nc(N)n[nH]2)CC1. The fraction of sp³-hybridized carbons (Fsp3) is 0.500. The molecule has 0 aliphatic carbocycles. The van der Waals surface area contributed by atoms with Gasteiger partial charge in [0.25, 0.3) is 0 Å². The summed E-state index contributed by atoms with van der Waals surface area (Å²) in [4.78, 5) is 8.22. The van der Waals surface area contributed by atoms with Crippen LogP contribution in [0.1, 0.15) is 13.3 Å². The summed E-state index contributed by atoms with van der Waals surface area (Å²) < 4.78 is 5.94. The van der Waals surface area contributed by atoms with Crippen molar-refractivity contribution in [2.75, 3.05) is 36.8 Å². The average molecular weight is 367 g/mol. The maximum Gasteiger partial charge on any atom is 0.241 e. The van der Waals surface area contributed by atoms with Gasteiger partial charge in [0, 0.05) is 31.2 Å². The number of rotatable bonds is 6. The predicted octanol–water partition coefficient (Wildman–Crippen LogP) is 1.34. The van der Waals surface area contributed by atoms with Gasteiger partial charge in [-0.3, -0.25) is 4.90 Å². The van der Waals surface area contributed by atoms with E-state index < -0.39 is 6.23 Å². The molecule has 4 N–H and O–H groups in total. The average Bonchev–Trinajstić information content (AvgIpc) is 3.07. The molecule has 2 unspecified atom stereocenters. The van der Waals surface area contributed by atoms with Crippen molar-refractivity contribution in [3.63, 3.8) is 0 Å². The number of halogens is 1. The second kappa shape index (κ2) is 7.90. The zero-order valence-corrected chi connectivity index (χ0v) is 14.9. The number of nitrogens with zero attached hydrogens (tertiary/aromatic N) is 4. The molecule has 0 amide bonds. The lowest BCUT2D eigenvalue weighted by Crippen LogP contribution is -2.55. The maximum absolute atomic E-state index is 10.7. The van der Waals surface area contributed by atoms with E-state index >= 15 is 0 Å². The third-order valence-electron chi connectivity index (χ3n) is 4.31. The highest BCUT2D eigenvalue weighted by Gasteiger charge is 2.29. The fourth-order valence-electron chi connectivity index (χ4n) is 2.88. The molecule has 1 aromatic heterocycles. The Morgan fingerprint density at radius 3 is 2.52 bits per heavy atom. The molecular weight excluding hydrogens is 344 g/mol. The molecule has 25 heavy (non-hydrogen) atoms. The molecule has 1 saturated heterocycles. The number of nitrogens with one attached hydrogen (secondary N) is 1. The Kier molecular flexibility index (Phi) is 5.62. The third-order valence-corrected chi connectivity index (χ3v) is 4.57. The molecule has 8 nitrogen and oxygen atoms in total. The van der Waals surface area contributed by atoms with Gasteiger partial charge in [0.15, 0.2) is 0 Å². The number of anilines is 2. The zero-order chi connectivity index (χ0) is 17.8. The van der Waals surface area contributed by atoms with Crippen LogP contribution < -0.4 is 15.4 Å². The standard InChI is InChI=1S/C16H23ClN6O2/c1-2-13(25-12-5-3-11(17)4-6-12)14(24)22-7-9-23(10-8-22)16-19-15(18)20-21-16/h3-6,13-14,24H,2,7-10H2,1H3,(H3,18,19,20,21). The number of piperazine rings is 1. The minimum Gasteiger partial charge on any atom is -0.486 e. The third kappa shape index (κ3) is 4.33. The van der Waals surface area contributed by atoms with Crippen LogP contribution in [-0.4, -0.2) is 63.7 Å². The molecule has 9 heteroatoms. The lowest BCUT2D eigenvalue weighted by molar-refractivity contribution is -0.0754.